The van der Waals surface area contributed by atoms with Gasteiger partial charge in [0.1, 0.15) is 34.7 Å². The summed E-state index contributed by atoms with van der Waals surface area (Å²) >= 11 is 3.55. The summed E-state index contributed by atoms with van der Waals surface area (Å²) in [6.07, 6.45) is 10.2. The van der Waals surface area contributed by atoms with Crippen LogP contribution in [0.5, 0.6) is 5.75 Å². The van der Waals surface area contributed by atoms with Gasteiger partial charge in [0.05, 0.1) is 40.4 Å². The van der Waals surface area contributed by atoms with Crippen molar-refractivity contribution >= 4 is 72.5 Å². The van der Waals surface area contributed by atoms with Crippen LogP contribution in [0, 0.1) is 0 Å². The quantitative estimate of drug-likeness (QED) is 0.173. The van der Waals surface area contributed by atoms with Crippen LogP contribution in [0.4, 0.5) is 38.9 Å². The molecule has 1 aliphatic heterocycles. The van der Waals surface area contributed by atoms with Crippen molar-refractivity contribution in [1.29, 1.82) is 0 Å². The van der Waals surface area contributed by atoms with Gasteiger partial charge in [-0.05, 0) is 34.1 Å². The second-order valence-electron chi connectivity index (χ2n) is 10.6. The molecule has 13 nitrogen and oxygen atoms in total. The van der Waals surface area contributed by atoms with E-state index < -0.39 is 11.0 Å². The SMILES string of the molecule is COc1cc(N2CCN(CCF)CC2)c(-c2cnn(C)c2)cc1Nc1ncc(Br)c(Nc2ccc3nccnc3c2NS(C)=O)n1. The lowest BCUT2D eigenvalue weighted by Crippen LogP contribution is -2.47. The summed E-state index contributed by atoms with van der Waals surface area (Å²) in [6, 6.07) is 7.67. The Balaban J connectivity index is 1.34. The Labute approximate surface area is 276 Å². The number of nitrogens with zero attached hydrogens (tertiary/aromatic N) is 8. The van der Waals surface area contributed by atoms with Gasteiger partial charge in [0, 0.05) is 93.7 Å². The Hall–Kier alpha value is -4.41. The highest BCUT2D eigenvalue weighted by molar-refractivity contribution is 9.10. The van der Waals surface area contributed by atoms with Crippen molar-refractivity contribution in [2.24, 2.45) is 7.05 Å². The fourth-order valence-corrected chi connectivity index (χ4v) is 6.16. The number of nitrogens with one attached hydrogen (secondary N) is 3. The lowest BCUT2D eigenvalue weighted by atomic mass is 10.0. The molecule has 4 heterocycles. The van der Waals surface area contributed by atoms with E-state index in [1.54, 1.807) is 36.6 Å². The van der Waals surface area contributed by atoms with Gasteiger partial charge in [-0.2, -0.15) is 10.1 Å². The Morgan fingerprint density at radius 3 is 2.57 bits per heavy atom. The van der Waals surface area contributed by atoms with Gasteiger partial charge in [-0.15, -0.1) is 0 Å². The van der Waals surface area contributed by atoms with Crippen molar-refractivity contribution in [2.45, 2.75) is 0 Å². The highest BCUT2D eigenvalue weighted by Crippen LogP contribution is 2.41. The third kappa shape index (κ3) is 6.88. The number of hydrogen-bond donors (Lipinski definition) is 3. The van der Waals surface area contributed by atoms with Crippen molar-refractivity contribution in [1.82, 2.24) is 34.6 Å². The number of methoxy groups -OCH3 is 1. The summed E-state index contributed by atoms with van der Waals surface area (Å²) < 4.78 is 36.4. The van der Waals surface area contributed by atoms with Gasteiger partial charge >= 0.3 is 0 Å². The first-order chi connectivity index (χ1) is 22.3. The van der Waals surface area contributed by atoms with Gasteiger partial charge in [0.15, 0.2) is 0 Å². The van der Waals surface area contributed by atoms with E-state index in [0.29, 0.717) is 56.6 Å². The fraction of sp³-hybridized carbons (Fsp3) is 0.300. The largest absolute Gasteiger partial charge is 0.494 e. The monoisotopic (exact) mass is 709 g/mol. The Bertz CT molecular complexity index is 1880. The molecule has 6 rings (SSSR count). The number of aryl methyl sites for hydroxylation is 1. The van der Waals surface area contributed by atoms with E-state index in [1.807, 2.05) is 43.7 Å². The molecule has 0 amide bonds. The van der Waals surface area contributed by atoms with Crippen molar-refractivity contribution in [3.63, 3.8) is 0 Å². The normalized spacial score (nSPS) is 14.3. The van der Waals surface area contributed by atoms with Crippen LogP contribution in [-0.2, 0) is 18.0 Å². The van der Waals surface area contributed by atoms with Crippen molar-refractivity contribution < 1.29 is 13.3 Å². The zero-order chi connectivity index (χ0) is 32.2. The van der Waals surface area contributed by atoms with Crippen LogP contribution in [0.2, 0.25) is 0 Å². The Morgan fingerprint density at radius 1 is 1.04 bits per heavy atom. The highest BCUT2D eigenvalue weighted by atomic mass is 79.9. The number of benzene rings is 2. The van der Waals surface area contributed by atoms with E-state index in [-0.39, 0.29) is 6.67 Å². The summed E-state index contributed by atoms with van der Waals surface area (Å²) in [7, 11) is 2.14. The summed E-state index contributed by atoms with van der Waals surface area (Å²) in [6.45, 7) is 3.17. The second-order valence-corrected chi connectivity index (χ2v) is 12.6. The first kappa shape index (κ1) is 31.6. The lowest BCUT2D eigenvalue weighted by Gasteiger charge is -2.37. The molecule has 5 aromatic rings. The van der Waals surface area contributed by atoms with Crippen LogP contribution < -0.4 is 25.0 Å². The summed E-state index contributed by atoms with van der Waals surface area (Å²) in [4.78, 5) is 22.5. The molecule has 0 radical (unpaired) electrons. The minimum absolute atomic E-state index is 0.322. The molecule has 1 fully saturated rings. The van der Waals surface area contributed by atoms with E-state index in [2.05, 4.69) is 61.1 Å². The van der Waals surface area contributed by atoms with Gasteiger partial charge in [0.2, 0.25) is 5.95 Å². The van der Waals surface area contributed by atoms with Crippen LogP contribution in [0.1, 0.15) is 0 Å². The molecule has 1 aliphatic rings. The molecule has 0 bridgehead atoms. The van der Waals surface area contributed by atoms with Gasteiger partial charge in [-0.1, -0.05) is 0 Å². The number of anilines is 6. The lowest BCUT2D eigenvalue weighted by molar-refractivity contribution is 0.235. The molecule has 0 spiro atoms. The first-order valence-electron chi connectivity index (χ1n) is 14.5. The van der Waals surface area contributed by atoms with Crippen LogP contribution >= 0.6 is 15.9 Å². The van der Waals surface area contributed by atoms with Gasteiger partial charge in [0.25, 0.3) is 0 Å². The molecule has 0 saturated carbocycles. The van der Waals surface area contributed by atoms with Crippen molar-refractivity contribution in [3.05, 3.63) is 59.7 Å². The summed E-state index contributed by atoms with van der Waals surface area (Å²) in [5.74, 6) is 1.41. The molecule has 0 aliphatic carbocycles. The van der Waals surface area contributed by atoms with Crippen molar-refractivity contribution in [3.8, 4) is 16.9 Å². The van der Waals surface area contributed by atoms with Gasteiger partial charge in [-0.3, -0.25) is 19.5 Å². The average molecular weight is 711 g/mol. The van der Waals surface area contributed by atoms with Crippen LogP contribution in [-0.4, -0.2) is 91.6 Å². The number of aromatic nitrogens is 6. The molecule has 16 heteroatoms. The molecule has 2 aromatic carbocycles. The third-order valence-corrected chi connectivity index (χ3v) is 8.65. The predicted molar refractivity (Wildman–Crippen MR) is 183 cm³/mol. The third-order valence-electron chi connectivity index (χ3n) is 7.58. The number of ether oxygens (including phenoxy) is 1. The van der Waals surface area contributed by atoms with Crippen molar-refractivity contribution in [2.75, 3.05) is 73.0 Å². The topological polar surface area (TPSA) is 138 Å². The smallest absolute Gasteiger partial charge is 0.229 e. The molecule has 3 aromatic heterocycles. The molecule has 3 N–H and O–H groups in total. The minimum Gasteiger partial charge on any atom is -0.494 e. The number of alkyl halides is 1. The Morgan fingerprint density at radius 2 is 1.85 bits per heavy atom. The Kier molecular flexibility index (Phi) is 9.56. The molecule has 1 saturated heterocycles. The van der Waals surface area contributed by atoms with Gasteiger partial charge < -0.3 is 25.0 Å². The highest BCUT2D eigenvalue weighted by Gasteiger charge is 2.23. The second kappa shape index (κ2) is 13.9. The maximum atomic E-state index is 13.0. The maximum Gasteiger partial charge on any atom is 0.229 e. The van der Waals surface area contributed by atoms with E-state index in [1.165, 1.54) is 0 Å². The number of hydrogen-bond acceptors (Lipinski definition) is 11. The molecular weight excluding hydrogens is 677 g/mol. The molecule has 1 atom stereocenters. The van der Waals surface area contributed by atoms with Crippen LogP contribution in [0.25, 0.3) is 22.2 Å². The maximum absolute atomic E-state index is 13.0. The van der Waals surface area contributed by atoms with E-state index >= 15 is 0 Å². The number of rotatable bonds is 11. The molecular formula is C30H33BrFN11O2S. The predicted octanol–water partition coefficient (Wildman–Crippen LogP) is 4.88. The van der Waals surface area contributed by atoms with Crippen LogP contribution in [0.15, 0.2) is 59.7 Å². The molecule has 1 unspecified atom stereocenters. The van der Waals surface area contributed by atoms with E-state index in [9.17, 15) is 8.60 Å². The summed E-state index contributed by atoms with van der Waals surface area (Å²) in [5.41, 5.74) is 5.96. The number of halogens is 2. The van der Waals surface area contributed by atoms with E-state index in [4.69, 9.17) is 9.72 Å². The summed E-state index contributed by atoms with van der Waals surface area (Å²) in [5, 5.41) is 11.1. The van der Waals surface area contributed by atoms with Gasteiger partial charge in [-0.25, -0.2) is 13.6 Å². The number of piperazine rings is 1. The standard InChI is InChI=1S/C30H33BrFN11O2S/c1-41-18-19(16-36-41)20-14-24(26(45-2)15-25(20)43-12-10-42(9-6-32)11-13-43)38-30-35-17-21(31)29(39-30)37-23-5-4-22-27(34-8-7-33-22)28(23)40-46(3)44/h4-5,7-8,14-18,40H,6,9-13H2,1-3H3,(H2,35,37,38,39). The first-order valence-corrected chi connectivity index (χ1v) is 16.8. The number of fused-ring (bicyclic) bond motifs is 1. The zero-order valence-corrected chi connectivity index (χ0v) is 27.9. The average Bonchev–Trinajstić information content (AvgIpc) is 3.49. The van der Waals surface area contributed by atoms with Crippen LogP contribution in [0.3, 0.4) is 0 Å². The molecule has 46 heavy (non-hydrogen) atoms. The van der Waals surface area contributed by atoms with E-state index in [0.717, 1.165) is 43.0 Å². The minimum atomic E-state index is -1.36. The molecule has 240 valence electrons. The fourth-order valence-electron chi connectivity index (χ4n) is 5.37. The zero-order valence-electron chi connectivity index (χ0n) is 25.5.